The molecular formula is C37H80N6O6P2. The minimum absolute atomic E-state index is 0.162. The second-order valence-corrected chi connectivity index (χ2v) is 17.5. The van der Waals surface area contributed by atoms with E-state index in [-0.39, 0.29) is 25.5 Å². The van der Waals surface area contributed by atoms with E-state index in [1.54, 1.807) is 0 Å². The molecule has 0 aromatic heterocycles. The molecule has 0 aromatic carbocycles. The van der Waals surface area contributed by atoms with Crippen LogP contribution in [-0.4, -0.2) is 114 Å². The lowest BCUT2D eigenvalue weighted by atomic mass is 10.2. The molecule has 0 bridgehead atoms. The van der Waals surface area contributed by atoms with Crippen molar-refractivity contribution in [3.63, 3.8) is 0 Å². The van der Waals surface area contributed by atoms with Crippen molar-refractivity contribution in [2.24, 2.45) is 22.9 Å². The molecule has 0 heterocycles. The quantitative estimate of drug-likeness (QED) is 0.0289. The smallest absolute Gasteiger partial charge is 0.330 e. The van der Waals surface area contributed by atoms with E-state index >= 15 is 0 Å². The molecule has 0 spiro atoms. The first-order chi connectivity index (χ1) is 24.8. The molecule has 8 N–H and O–H groups in total. The summed E-state index contributed by atoms with van der Waals surface area (Å²) in [7, 11) is -6.79. The second kappa shape index (κ2) is 36.5. The van der Waals surface area contributed by atoms with E-state index < -0.39 is 15.2 Å². The molecule has 0 radical (unpaired) electrons. The standard InChI is InChI=1S/C37H80N6O6P2/c1-3-5-7-9-11-13-15-32-46-50(44,36-30-42(26-17-22-38)27-18-23-39)48-34-21-35-49-51(45,47-33-16-14-12-10-8-6-4-2)37-31-43(28-19-24-40)29-20-25-41/h11-14H,3-10,15-41H2,1-2H3/b13-11-,14-12-. The van der Waals surface area contributed by atoms with Crippen LogP contribution in [0, 0.1) is 0 Å². The van der Waals surface area contributed by atoms with Gasteiger partial charge in [0.05, 0.1) is 38.8 Å². The Bertz CT molecular complexity index is 831. The molecule has 12 nitrogen and oxygen atoms in total. The lowest BCUT2D eigenvalue weighted by Gasteiger charge is -2.26. The third kappa shape index (κ3) is 31.6. The molecule has 0 rings (SSSR count). The van der Waals surface area contributed by atoms with Crippen molar-refractivity contribution in [1.29, 1.82) is 0 Å². The molecule has 0 saturated carbocycles. The summed E-state index contributed by atoms with van der Waals surface area (Å²) in [4.78, 5) is 4.46. The molecule has 0 fully saturated rings. The van der Waals surface area contributed by atoms with Crippen molar-refractivity contribution in [3.05, 3.63) is 24.3 Å². The third-order valence-electron chi connectivity index (χ3n) is 8.39. The Kier molecular flexibility index (Phi) is 36.2. The monoisotopic (exact) mass is 767 g/mol. The second-order valence-electron chi connectivity index (χ2n) is 13.1. The molecule has 2 atom stereocenters. The van der Waals surface area contributed by atoms with E-state index in [0.29, 0.717) is 71.7 Å². The van der Waals surface area contributed by atoms with Crippen LogP contribution in [0.2, 0.25) is 0 Å². The van der Waals surface area contributed by atoms with Crippen molar-refractivity contribution in [1.82, 2.24) is 9.80 Å². The van der Waals surface area contributed by atoms with E-state index in [1.807, 2.05) is 0 Å². The van der Waals surface area contributed by atoms with E-state index in [4.69, 9.17) is 41.0 Å². The summed E-state index contributed by atoms with van der Waals surface area (Å²) in [5.74, 6) is 0. The zero-order chi connectivity index (χ0) is 37.7. The summed E-state index contributed by atoms with van der Waals surface area (Å²) < 4.78 is 51.8. The minimum atomic E-state index is -3.40. The van der Waals surface area contributed by atoms with Crippen molar-refractivity contribution in [3.8, 4) is 0 Å². The molecule has 14 heteroatoms. The minimum Gasteiger partial charge on any atom is -0.330 e. The first-order valence-corrected chi connectivity index (χ1v) is 23.6. The average Bonchev–Trinajstić information content (AvgIpc) is 3.13. The van der Waals surface area contributed by atoms with Gasteiger partial charge in [0.25, 0.3) is 0 Å². The van der Waals surface area contributed by atoms with Gasteiger partial charge in [-0.05, 0) is 123 Å². The molecule has 0 amide bonds. The van der Waals surface area contributed by atoms with Crippen LogP contribution >= 0.6 is 15.2 Å². The Hall–Kier alpha value is -0.460. The SMILES string of the molecule is CCCCC/C=C\CCOP(=O)(CCN(CCCN)CCCN)OCCCOP(=O)(CCN(CCCN)CCCN)OCC/C=C\CCCCC. The van der Waals surface area contributed by atoms with Crippen molar-refractivity contribution < 1.29 is 27.2 Å². The van der Waals surface area contributed by atoms with Gasteiger partial charge < -0.3 is 50.8 Å². The molecule has 0 aliphatic rings. The first-order valence-electron chi connectivity index (χ1n) is 20.1. The van der Waals surface area contributed by atoms with Gasteiger partial charge in [-0.25, -0.2) is 0 Å². The number of allylic oxidation sites excluding steroid dienone is 2. The predicted octanol–water partition coefficient (Wildman–Crippen LogP) is 6.88. The fourth-order valence-electron chi connectivity index (χ4n) is 5.27. The van der Waals surface area contributed by atoms with Crippen LogP contribution in [-0.2, 0) is 27.2 Å². The van der Waals surface area contributed by atoms with Gasteiger partial charge in [-0.2, -0.15) is 0 Å². The molecule has 51 heavy (non-hydrogen) atoms. The predicted molar refractivity (Wildman–Crippen MR) is 217 cm³/mol. The van der Waals surface area contributed by atoms with Crippen LogP contribution < -0.4 is 22.9 Å². The summed E-state index contributed by atoms with van der Waals surface area (Å²) in [5.41, 5.74) is 23.0. The average molecular weight is 767 g/mol. The van der Waals surface area contributed by atoms with Crippen molar-refractivity contribution in [2.75, 3.05) is 104 Å². The van der Waals surface area contributed by atoms with Gasteiger partial charge in [0, 0.05) is 13.1 Å². The van der Waals surface area contributed by atoms with Crippen LogP contribution in [0.3, 0.4) is 0 Å². The lowest BCUT2D eigenvalue weighted by molar-refractivity contribution is 0.169. The van der Waals surface area contributed by atoms with Crippen LogP contribution in [0.15, 0.2) is 24.3 Å². The lowest BCUT2D eigenvalue weighted by Crippen LogP contribution is -2.31. The third-order valence-corrected chi connectivity index (χ3v) is 12.2. The molecule has 0 aliphatic carbocycles. The summed E-state index contributed by atoms with van der Waals surface area (Å²) in [6.07, 6.45) is 23.5. The first kappa shape index (κ1) is 50.5. The van der Waals surface area contributed by atoms with Gasteiger partial charge >= 0.3 is 15.2 Å². The molecular weight excluding hydrogens is 686 g/mol. The Balaban J connectivity index is 5.33. The fourth-order valence-corrected chi connectivity index (χ4v) is 8.58. The Morgan fingerprint density at radius 3 is 1.10 bits per heavy atom. The molecule has 0 saturated heterocycles. The Morgan fingerprint density at radius 2 is 0.765 bits per heavy atom. The van der Waals surface area contributed by atoms with E-state index in [9.17, 15) is 9.13 Å². The normalized spacial score (nSPS) is 14.7. The van der Waals surface area contributed by atoms with Gasteiger partial charge in [-0.1, -0.05) is 63.8 Å². The summed E-state index contributed by atoms with van der Waals surface area (Å²) in [6.45, 7) is 12.1. The number of nitrogens with zero attached hydrogens (tertiary/aromatic N) is 2. The Labute approximate surface area is 313 Å². The zero-order valence-corrected chi connectivity index (χ0v) is 34.6. The topological polar surface area (TPSA) is 182 Å². The Morgan fingerprint density at radius 1 is 0.431 bits per heavy atom. The maximum absolute atomic E-state index is 13.9. The number of hydrogen-bond donors (Lipinski definition) is 4. The maximum atomic E-state index is 13.9. The van der Waals surface area contributed by atoms with Gasteiger partial charge in [0.15, 0.2) is 0 Å². The van der Waals surface area contributed by atoms with Crippen LogP contribution in [0.4, 0.5) is 0 Å². The number of nitrogens with two attached hydrogens (primary N) is 4. The maximum Gasteiger partial charge on any atom is 0.331 e. The van der Waals surface area contributed by atoms with Gasteiger partial charge in [-0.15, -0.1) is 0 Å². The molecule has 2 unspecified atom stereocenters. The highest BCUT2D eigenvalue weighted by molar-refractivity contribution is 7.54. The van der Waals surface area contributed by atoms with E-state index in [0.717, 1.165) is 64.7 Å². The molecule has 0 aliphatic heterocycles. The highest BCUT2D eigenvalue weighted by Crippen LogP contribution is 2.50. The highest BCUT2D eigenvalue weighted by Gasteiger charge is 2.27. The number of hydrogen-bond acceptors (Lipinski definition) is 12. The van der Waals surface area contributed by atoms with E-state index in [1.165, 1.54) is 38.5 Å². The summed E-state index contributed by atoms with van der Waals surface area (Å²) in [5, 5.41) is 0. The van der Waals surface area contributed by atoms with Crippen LogP contribution in [0.5, 0.6) is 0 Å². The summed E-state index contributed by atoms with van der Waals surface area (Å²) in [6, 6.07) is 0. The van der Waals surface area contributed by atoms with Gasteiger partial charge in [-0.3, -0.25) is 9.13 Å². The van der Waals surface area contributed by atoms with E-state index in [2.05, 4.69) is 48.0 Å². The number of rotatable bonds is 40. The molecule has 304 valence electrons. The van der Waals surface area contributed by atoms with Gasteiger partial charge in [0.2, 0.25) is 0 Å². The zero-order valence-electron chi connectivity index (χ0n) is 32.8. The largest absolute Gasteiger partial charge is 0.331 e. The van der Waals surface area contributed by atoms with Gasteiger partial charge in [0.1, 0.15) is 0 Å². The number of unbranched alkanes of at least 4 members (excludes halogenated alkanes) is 6. The van der Waals surface area contributed by atoms with Crippen molar-refractivity contribution >= 4 is 15.2 Å². The van der Waals surface area contributed by atoms with Crippen LogP contribution in [0.25, 0.3) is 0 Å². The molecule has 0 aromatic rings. The summed E-state index contributed by atoms with van der Waals surface area (Å²) >= 11 is 0. The highest BCUT2D eigenvalue weighted by atomic mass is 31.2. The fraction of sp³-hybridized carbons (Fsp3) is 0.892. The van der Waals surface area contributed by atoms with Crippen molar-refractivity contribution in [2.45, 2.75) is 110 Å². The van der Waals surface area contributed by atoms with Crippen LogP contribution in [0.1, 0.15) is 110 Å².